The predicted octanol–water partition coefficient (Wildman–Crippen LogP) is 2.61. The van der Waals surface area contributed by atoms with Crippen LogP contribution in [0.25, 0.3) is 0 Å². The van der Waals surface area contributed by atoms with Gasteiger partial charge >= 0.3 is 0 Å². The molecule has 2 N–H and O–H groups in total. The van der Waals surface area contributed by atoms with Crippen LogP contribution in [0.1, 0.15) is 25.5 Å². The lowest BCUT2D eigenvalue weighted by Gasteiger charge is -2.13. The van der Waals surface area contributed by atoms with Gasteiger partial charge in [0.15, 0.2) is 0 Å². The fourth-order valence-corrected chi connectivity index (χ4v) is 3.74. The summed E-state index contributed by atoms with van der Waals surface area (Å²) in [6, 6.07) is 4.67. The molecule has 20 heavy (non-hydrogen) atoms. The topological polar surface area (TPSA) is 71.1 Å². The van der Waals surface area contributed by atoms with Crippen molar-refractivity contribution in [2.45, 2.75) is 24.8 Å². The molecule has 5 nitrogen and oxygen atoms in total. The number of sulfonamides is 1. The van der Waals surface area contributed by atoms with E-state index in [1.807, 2.05) is 30.7 Å². The van der Waals surface area contributed by atoms with Crippen molar-refractivity contribution in [3.8, 4) is 0 Å². The van der Waals surface area contributed by atoms with Crippen LogP contribution in [0.3, 0.4) is 0 Å². The second kappa shape index (κ2) is 6.34. The maximum Gasteiger partial charge on any atom is 0.241 e. The van der Waals surface area contributed by atoms with Gasteiger partial charge in [-0.2, -0.15) is 11.3 Å². The number of rotatable bonds is 6. The smallest absolute Gasteiger partial charge is 0.241 e. The van der Waals surface area contributed by atoms with E-state index in [-0.39, 0.29) is 10.9 Å². The van der Waals surface area contributed by atoms with Crippen LogP contribution in [0.5, 0.6) is 0 Å². The van der Waals surface area contributed by atoms with Crippen LogP contribution >= 0.6 is 11.3 Å². The molecule has 2 heterocycles. The highest BCUT2D eigenvalue weighted by Crippen LogP contribution is 2.19. The first-order valence-corrected chi connectivity index (χ1v) is 8.70. The number of hydrogen-bond donors (Lipinski definition) is 2. The minimum atomic E-state index is -3.55. The first-order chi connectivity index (χ1) is 9.53. The van der Waals surface area contributed by atoms with Crippen molar-refractivity contribution in [2.75, 3.05) is 11.9 Å². The highest BCUT2D eigenvalue weighted by molar-refractivity contribution is 7.89. The Morgan fingerprint density at radius 1 is 1.40 bits per heavy atom. The molecule has 2 aromatic rings. The molecule has 108 valence electrons. The summed E-state index contributed by atoms with van der Waals surface area (Å²) in [5.41, 5.74) is 0.958. The zero-order valence-corrected chi connectivity index (χ0v) is 13.0. The molecule has 0 saturated carbocycles. The molecule has 2 aromatic heterocycles. The molecular weight excluding hydrogens is 294 g/mol. The molecule has 0 aliphatic carbocycles. The van der Waals surface area contributed by atoms with Gasteiger partial charge in [-0.3, -0.25) is 0 Å². The maximum absolute atomic E-state index is 12.3. The zero-order valence-electron chi connectivity index (χ0n) is 11.3. The molecule has 2 rings (SSSR count). The molecule has 0 radical (unpaired) electrons. The van der Waals surface area contributed by atoms with E-state index in [2.05, 4.69) is 15.0 Å². The number of anilines is 1. The summed E-state index contributed by atoms with van der Waals surface area (Å²) in [6.45, 7) is 4.45. The summed E-state index contributed by atoms with van der Waals surface area (Å²) in [6.07, 6.45) is 1.49. The van der Waals surface area contributed by atoms with Crippen molar-refractivity contribution < 1.29 is 8.42 Å². The van der Waals surface area contributed by atoms with Gasteiger partial charge in [0.2, 0.25) is 10.0 Å². The number of aromatic nitrogens is 1. The quantitative estimate of drug-likeness (QED) is 0.860. The van der Waals surface area contributed by atoms with Crippen molar-refractivity contribution in [2.24, 2.45) is 0 Å². The monoisotopic (exact) mass is 311 g/mol. The Balaban J connectivity index is 2.20. The number of nitrogens with one attached hydrogen (secondary N) is 2. The second-order valence-corrected chi connectivity index (χ2v) is 6.80. The molecule has 1 atom stereocenters. The summed E-state index contributed by atoms with van der Waals surface area (Å²) in [5, 5.41) is 6.86. The molecule has 0 aromatic carbocycles. The SMILES string of the molecule is CCNc1cc(S(=O)(=O)NC(C)c2ccsc2)ccn1. The van der Waals surface area contributed by atoms with Crippen LogP contribution in [0.2, 0.25) is 0 Å². The summed E-state index contributed by atoms with van der Waals surface area (Å²) in [4.78, 5) is 4.28. The average Bonchev–Trinajstić information content (AvgIpc) is 2.93. The lowest BCUT2D eigenvalue weighted by atomic mass is 10.2. The highest BCUT2D eigenvalue weighted by atomic mass is 32.2. The number of pyridine rings is 1. The van der Waals surface area contributed by atoms with Crippen molar-refractivity contribution in [3.05, 3.63) is 40.7 Å². The van der Waals surface area contributed by atoms with Crippen LogP contribution in [0.15, 0.2) is 40.1 Å². The third-order valence-corrected chi connectivity index (χ3v) is 5.01. The van der Waals surface area contributed by atoms with Gasteiger partial charge in [-0.05, 0) is 42.3 Å². The minimum absolute atomic E-state index is 0.213. The van der Waals surface area contributed by atoms with Crippen LogP contribution < -0.4 is 10.0 Å². The van der Waals surface area contributed by atoms with Crippen LogP contribution in [-0.4, -0.2) is 19.9 Å². The summed E-state index contributed by atoms with van der Waals surface area (Å²) >= 11 is 1.54. The first-order valence-electron chi connectivity index (χ1n) is 6.27. The summed E-state index contributed by atoms with van der Waals surface area (Å²) in [5.74, 6) is 0.554. The van der Waals surface area contributed by atoms with Gasteiger partial charge in [0.25, 0.3) is 0 Å². The highest BCUT2D eigenvalue weighted by Gasteiger charge is 2.19. The van der Waals surface area contributed by atoms with Gasteiger partial charge in [-0.15, -0.1) is 0 Å². The fourth-order valence-electron chi connectivity index (χ4n) is 1.75. The van der Waals surface area contributed by atoms with Crippen LogP contribution in [0, 0.1) is 0 Å². The third kappa shape index (κ3) is 3.56. The van der Waals surface area contributed by atoms with Gasteiger partial charge in [0.1, 0.15) is 5.82 Å². The Kier molecular flexibility index (Phi) is 4.74. The molecule has 0 bridgehead atoms. The molecule has 0 fully saturated rings. The van der Waals surface area contributed by atoms with Gasteiger partial charge in [0.05, 0.1) is 4.90 Å². The Hall–Kier alpha value is -1.44. The van der Waals surface area contributed by atoms with Crippen molar-refractivity contribution in [1.29, 1.82) is 0 Å². The van der Waals surface area contributed by atoms with E-state index in [1.54, 1.807) is 11.3 Å². The Labute approximate surface area is 123 Å². The van der Waals surface area contributed by atoms with Crippen molar-refractivity contribution >= 4 is 27.2 Å². The fraction of sp³-hybridized carbons (Fsp3) is 0.308. The maximum atomic E-state index is 12.3. The van der Waals surface area contributed by atoms with Crippen LogP contribution in [0.4, 0.5) is 5.82 Å². The van der Waals surface area contributed by atoms with Crippen molar-refractivity contribution in [3.63, 3.8) is 0 Å². The Morgan fingerprint density at radius 3 is 2.85 bits per heavy atom. The largest absolute Gasteiger partial charge is 0.370 e. The summed E-state index contributed by atoms with van der Waals surface area (Å²) < 4.78 is 27.3. The first kappa shape index (κ1) is 15.0. The zero-order chi connectivity index (χ0) is 14.6. The van der Waals surface area contributed by atoms with E-state index < -0.39 is 10.0 Å². The molecular formula is C13H17N3O2S2. The van der Waals surface area contributed by atoms with Crippen LogP contribution in [-0.2, 0) is 10.0 Å². The van der Waals surface area contributed by atoms with Gasteiger partial charge in [-0.1, -0.05) is 0 Å². The van der Waals surface area contributed by atoms with E-state index in [0.717, 1.165) is 5.56 Å². The predicted molar refractivity (Wildman–Crippen MR) is 81.5 cm³/mol. The normalized spacial score (nSPS) is 13.1. The van der Waals surface area contributed by atoms with Gasteiger partial charge < -0.3 is 5.32 Å². The minimum Gasteiger partial charge on any atom is -0.370 e. The summed E-state index contributed by atoms with van der Waals surface area (Å²) in [7, 11) is -3.55. The van der Waals surface area contributed by atoms with E-state index in [1.165, 1.54) is 18.3 Å². The lowest BCUT2D eigenvalue weighted by Crippen LogP contribution is -2.26. The van der Waals surface area contributed by atoms with E-state index in [4.69, 9.17) is 0 Å². The molecule has 0 amide bonds. The molecule has 0 spiro atoms. The van der Waals surface area contributed by atoms with Crippen molar-refractivity contribution in [1.82, 2.24) is 9.71 Å². The van der Waals surface area contributed by atoms with Gasteiger partial charge in [-0.25, -0.2) is 18.1 Å². The molecule has 1 unspecified atom stereocenters. The number of hydrogen-bond acceptors (Lipinski definition) is 5. The third-order valence-electron chi connectivity index (χ3n) is 2.77. The molecule has 0 saturated heterocycles. The Morgan fingerprint density at radius 2 is 2.20 bits per heavy atom. The molecule has 0 aliphatic heterocycles. The van der Waals surface area contributed by atoms with E-state index >= 15 is 0 Å². The van der Waals surface area contributed by atoms with E-state index in [0.29, 0.717) is 12.4 Å². The molecule has 7 heteroatoms. The second-order valence-electron chi connectivity index (χ2n) is 4.31. The number of nitrogens with zero attached hydrogens (tertiary/aromatic N) is 1. The van der Waals surface area contributed by atoms with E-state index in [9.17, 15) is 8.42 Å². The lowest BCUT2D eigenvalue weighted by molar-refractivity contribution is 0.567. The Bertz CT molecular complexity index is 654. The van der Waals surface area contributed by atoms with Gasteiger partial charge in [0, 0.05) is 24.8 Å². The average molecular weight is 311 g/mol. The number of thiophene rings is 1. The molecule has 0 aliphatic rings. The standard InChI is InChI=1S/C13H17N3O2S2/c1-3-14-13-8-12(4-6-15-13)20(17,18)16-10(2)11-5-7-19-9-11/h4-10,16H,3H2,1-2H3,(H,14,15).